The molecule has 0 radical (unpaired) electrons. The van der Waals surface area contributed by atoms with Crippen LogP contribution in [0.3, 0.4) is 0 Å². The molecule has 0 aromatic heterocycles. The minimum absolute atomic E-state index is 0.0635. The fourth-order valence-corrected chi connectivity index (χ4v) is 3.66. The molecule has 0 heterocycles. The Morgan fingerprint density at radius 3 is 2.40 bits per heavy atom. The third-order valence-corrected chi connectivity index (χ3v) is 5.24. The van der Waals surface area contributed by atoms with Crippen LogP contribution < -0.4 is 10.6 Å². The van der Waals surface area contributed by atoms with Crippen molar-refractivity contribution in [3.05, 3.63) is 64.7 Å². The number of hydrogen-bond donors (Lipinski definition) is 2. The van der Waals surface area contributed by atoms with E-state index in [4.69, 9.17) is 4.74 Å². The van der Waals surface area contributed by atoms with Crippen LogP contribution >= 0.6 is 0 Å². The van der Waals surface area contributed by atoms with Crippen molar-refractivity contribution in [3.63, 3.8) is 0 Å². The molecule has 0 saturated heterocycles. The molecule has 1 aliphatic rings. The van der Waals surface area contributed by atoms with Gasteiger partial charge in [-0.3, -0.25) is 14.4 Å². The Morgan fingerprint density at radius 1 is 1.00 bits per heavy atom. The topological polar surface area (TPSA) is 84.5 Å². The van der Waals surface area contributed by atoms with Crippen LogP contribution in [0.2, 0.25) is 0 Å². The molecule has 3 rings (SSSR count). The van der Waals surface area contributed by atoms with Gasteiger partial charge >= 0.3 is 5.97 Å². The lowest BCUT2D eigenvalue weighted by Gasteiger charge is -2.20. The summed E-state index contributed by atoms with van der Waals surface area (Å²) in [6.07, 6.45) is 4.73. The van der Waals surface area contributed by atoms with Crippen LogP contribution in [0.15, 0.2) is 42.5 Å². The average molecular weight is 408 g/mol. The average Bonchev–Trinajstić information content (AvgIpc) is 2.73. The van der Waals surface area contributed by atoms with E-state index in [1.54, 1.807) is 24.3 Å². The fourth-order valence-electron chi connectivity index (χ4n) is 3.66. The van der Waals surface area contributed by atoms with Gasteiger partial charge in [0.1, 0.15) is 0 Å². The summed E-state index contributed by atoms with van der Waals surface area (Å²) in [4.78, 5) is 35.2. The summed E-state index contributed by atoms with van der Waals surface area (Å²) in [6, 6.07) is 13.2. The van der Waals surface area contributed by atoms with E-state index in [0.717, 1.165) is 24.0 Å². The molecule has 0 aliphatic heterocycles. The number of esters is 1. The second kappa shape index (κ2) is 10.1. The lowest BCUT2D eigenvalue weighted by Crippen LogP contribution is -2.31. The summed E-state index contributed by atoms with van der Waals surface area (Å²) in [5, 5.41) is 5.56. The van der Waals surface area contributed by atoms with Crippen molar-refractivity contribution in [2.24, 2.45) is 0 Å². The van der Waals surface area contributed by atoms with Crippen molar-refractivity contribution < 1.29 is 19.1 Å². The molecule has 0 saturated carbocycles. The van der Waals surface area contributed by atoms with Crippen molar-refractivity contribution in [2.45, 2.75) is 52.0 Å². The van der Waals surface area contributed by atoms with E-state index in [2.05, 4.69) is 28.8 Å². The van der Waals surface area contributed by atoms with Gasteiger partial charge in [-0.2, -0.15) is 0 Å². The number of rotatable bonds is 7. The van der Waals surface area contributed by atoms with Gasteiger partial charge in [0, 0.05) is 12.6 Å². The smallest absolute Gasteiger partial charge is 0.310 e. The summed E-state index contributed by atoms with van der Waals surface area (Å²) in [5.74, 6) is -0.953. The lowest BCUT2D eigenvalue weighted by molar-refractivity contribution is -0.148. The molecule has 0 fully saturated rings. The van der Waals surface area contributed by atoms with E-state index in [1.807, 2.05) is 6.92 Å². The zero-order valence-corrected chi connectivity index (χ0v) is 17.5. The molecule has 2 amide bonds. The van der Waals surface area contributed by atoms with Crippen molar-refractivity contribution in [1.29, 1.82) is 0 Å². The minimum Gasteiger partial charge on any atom is -0.455 e. The number of anilines is 1. The molecular formula is C24H28N2O4. The van der Waals surface area contributed by atoms with Gasteiger partial charge in [-0.05, 0) is 67.0 Å². The maximum Gasteiger partial charge on any atom is 0.310 e. The van der Waals surface area contributed by atoms with Crippen molar-refractivity contribution in [3.8, 4) is 0 Å². The van der Waals surface area contributed by atoms with Crippen LogP contribution in [0.25, 0.3) is 0 Å². The summed E-state index contributed by atoms with van der Waals surface area (Å²) < 4.78 is 5.11. The molecule has 1 aliphatic carbocycles. The molecule has 2 N–H and O–H groups in total. The second-order valence-electron chi connectivity index (χ2n) is 7.74. The molecule has 0 bridgehead atoms. The second-order valence-corrected chi connectivity index (χ2v) is 7.74. The van der Waals surface area contributed by atoms with Gasteiger partial charge in [-0.15, -0.1) is 0 Å². The summed E-state index contributed by atoms with van der Waals surface area (Å²) in [7, 11) is 0. The summed E-state index contributed by atoms with van der Waals surface area (Å²) in [5.41, 5.74) is 5.25. The molecular weight excluding hydrogens is 380 g/mol. The number of carbonyl (C=O) groups excluding carboxylic acids is 3. The van der Waals surface area contributed by atoms with Crippen LogP contribution in [-0.2, 0) is 38.4 Å². The largest absolute Gasteiger partial charge is 0.455 e. The molecule has 6 nitrogen and oxygen atoms in total. The molecule has 0 spiro atoms. The first-order chi connectivity index (χ1) is 14.4. The number of ether oxygens (including phenoxy) is 1. The third kappa shape index (κ3) is 6.17. The number of aryl methyl sites for hydroxylation is 2. The number of amides is 2. The van der Waals surface area contributed by atoms with Gasteiger partial charge in [-0.1, -0.05) is 30.3 Å². The Balaban J connectivity index is 1.44. The van der Waals surface area contributed by atoms with E-state index in [1.165, 1.54) is 30.9 Å². The molecule has 1 atom stereocenters. The Kier molecular flexibility index (Phi) is 7.22. The number of fused-ring (bicyclic) bond motifs is 1. The predicted molar refractivity (Wildman–Crippen MR) is 115 cm³/mol. The van der Waals surface area contributed by atoms with E-state index >= 15 is 0 Å². The SMILES string of the molecule is CC(=O)Nc1ccc(CC(=O)OCC(=O)N[C@@H](C)c2ccc3c(c2)CCCC3)cc1. The number of carbonyl (C=O) groups is 3. The molecule has 30 heavy (non-hydrogen) atoms. The number of hydrogen-bond acceptors (Lipinski definition) is 4. The van der Waals surface area contributed by atoms with Gasteiger partial charge in [0.15, 0.2) is 6.61 Å². The van der Waals surface area contributed by atoms with Gasteiger partial charge in [-0.25, -0.2) is 0 Å². The molecule has 2 aromatic carbocycles. The molecule has 2 aromatic rings. The Hall–Kier alpha value is -3.15. The normalized spacial score (nSPS) is 13.7. The minimum atomic E-state index is -0.473. The summed E-state index contributed by atoms with van der Waals surface area (Å²) in [6.45, 7) is 3.06. The highest BCUT2D eigenvalue weighted by Crippen LogP contribution is 2.24. The first-order valence-corrected chi connectivity index (χ1v) is 10.3. The van der Waals surface area contributed by atoms with Crippen LogP contribution in [0.5, 0.6) is 0 Å². The lowest BCUT2D eigenvalue weighted by atomic mass is 9.89. The standard InChI is InChI=1S/C24H28N2O4/c1-16(20-10-9-19-5-3-4-6-21(19)14-20)25-23(28)15-30-24(29)13-18-7-11-22(12-8-18)26-17(2)27/h7-12,14,16H,3-6,13,15H2,1-2H3,(H,25,28)(H,26,27)/t16-/m0/s1. The Morgan fingerprint density at radius 2 is 1.70 bits per heavy atom. The van der Waals surface area contributed by atoms with Crippen molar-refractivity contribution in [2.75, 3.05) is 11.9 Å². The predicted octanol–water partition coefficient (Wildman–Crippen LogP) is 3.49. The van der Waals surface area contributed by atoms with Crippen molar-refractivity contribution in [1.82, 2.24) is 5.32 Å². The first-order valence-electron chi connectivity index (χ1n) is 10.3. The van der Waals surface area contributed by atoms with Gasteiger partial charge < -0.3 is 15.4 Å². The van der Waals surface area contributed by atoms with Crippen LogP contribution in [0.4, 0.5) is 5.69 Å². The Labute approximate surface area is 177 Å². The van der Waals surface area contributed by atoms with Crippen LogP contribution in [0.1, 0.15) is 55.0 Å². The number of nitrogens with one attached hydrogen (secondary N) is 2. The maximum absolute atomic E-state index is 12.2. The number of benzene rings is 2. The van der Waals surface area contributed by atoms with Gasteiger partial charge in [0.2, 0.25) is 5.91 Å². The third-order valence-electron chi connectivity index (χ3n) is 5.24. The highest BCUT2D eigenvalue weighted by molar-refractivity contribution is 5.88. The quantitative estimate of drug-likeness (QED) is 0.687. The van der Waals surface area contributed by atoms with E-state index < -0.39 is 5.97 Å². The van der Waals surface area contributed by atoms with E-state index in [0.29, 0.717) is 5.69 Å². The zero-order valence-electron chi connectivity index (χ0n) is 17.5. The maximum atomic E-state index is 12.2. The van der Waals surface area contributed by atoms with Gasteiger partial charge in [0.25, 0.3) is 5.91 Å². The molecule has 0 unspecified atom stereocenters. The summed E-state index contributed by atoms with van der Waals surface area (Å²) >= 11 is 0. The fraction of sp³-hybridized carbons (Fsp3) is 0.375. The highest BCUT2D eigenvalue weighted by atomic mass is 16.5. The monoisotopic (exact) mass is 408 g/mol. The highest BCUT2D eigenvalue weighted by Gasteiger charge is 2.15. The zero-order chi connectivity index (χ0) is 21.5. The van der Waals surface area contributed by atoms with E-state index in [-0.39, 0.29) is 30.9 Å². The molecule has 158 valence electrons. The first kappa shape index (κ1) is 21.6. The van der Waals surface area contributed by atoms with Gasteiger partial charge in [0.05, 0.1) is 12.5 Å². The van der Waals surface area contributed by atoms with E-state index in [9.17, 15) is 14.4 Å². The Bertz CT molecular complexity index is 921. The van der Waals surface area contributed by atoms with Crippen LogP contribution in [0, 0.1) is 0 Å². The van der Waals surface area contributed by atoms with Crippen molar-refractivity contribution >= 4 is 23.5 Å². The van der Waals surface area contributed by atoms with Crippen LogP contribution in [-0.4, -0.2) is 24.4 Å². The molecule has 6 heteroatoms.